The molecule has 0 heterocycles. The molecule has 2 rings (SSSR count). The fourth-order valence-electron chi connectivity index (χ4n) is 2.97. The normalized spacial score (nSPS) is 23.4. The molecule has 0 aliphatic heterocycles. The fraction of sp³-hybridized carbons (Fsp3) is 0.250. The van der Waals surface area contributed by atoms with Crippen LogP contribution in [0.3, 0.4) is 0 Å². The van der Waals surface area contributed by atoms with Gasteiger partial charge < -0.3 is 0 Å². The molecule has 1 aliphatic rings. The largest absolute Gasteiger partial charge is 0.258 e. The molecule has 6 nitrogen and oxygen atoms in total. The Morgan fingerprint density at radius 1 is 1.00 bits per heavy atom. The molecule has 2 N–H and O–H groups in total. The van der Waals surface area contributed by atoms with Crippen molar-refractivity contribution < 1.29 is 9.80 Å². The molecular weight excluding hydrogens is 295 g/mol. The molecule has 2 atom stereocenters. The highest BCUT2D eigenvalue weighted by atomic mass is 19.1. The van der Waals surface area contributed by atoms with Crippen LogP contribution in [0.5, 0.6) is 0 Å². The summed E-state index contributed by atoms with van der Waals surface area (Å²) < 4.78 is 13.1. The highest BCUT2D eigenvalue weighted by Gasteiger charge is 2.85. The standard InChI is InChI=1S/C16H7FN6/c17-12-3-1-10(2-4-12)13-15(7-20,8-21)16(13,9-22)14(23)11(5-18)6-19/h1-4,11,13,23H/p+1/t13-,16+/m0/s1. The van der Waals surface area contributed by atoms with Gasteiger partial charge in [0.05, 0.1) is 30.3 Å². The molecule has 0 aromatic heterocycles. The van der Waals surface area contributed by atoms with Crippen LogP contribution in [-0.4, -0.2) is 5.71 Å². The second-order valence-corrected chi connectivity index (χ2v) is 5.08. The molecule has 1 aromatic rings. The SMILES string of the molecule is N#CC(C#N)C(=[NH2+])[C@@]1(C#N)[C@@H](c2ccc(F)cc2)C1(C#N)C#N. The summed E-state index contributed by atoms with van der Waals surface area (Å²) in [5.41, 5.74) is -3.57. The first-order valence-electron chi connectivity index (χ1n) is 6.40. The Bertz CT molecular complexity index is 855. The maximum Gasteiger partial charge on any atom is 0.213 e. The van der Waals surface area contributed by atoms with Gasteiger partial charge in [0.2, 0.25) is 11.6 Å². The number of hydrogen-bond donors (Lipinski definition) is 1. The number of nitrogens with two attached hydrogens (primary N) is 1. The van der Waals surface area contributed by atoms with Crippen LogP contribution >= 0.6 is 0 Å². The minimum atomic E-state index is -1.82. The zero-order valence-corrected chi connectivity index (χ0v) is 11.7. The van der Waals surface area contributed by atoms with Gasteiger partial charge in [0.1, 0.15) is 5.82 Å². The van der Waals surface area contributed by atoms with Crippen LogP contribution in [0.2, 0.25) is 0 Å². The van der Waals surface area contributed by atoms with Gasteiger partial charge in [-0.2, -0.15) is 26.3 Å². The van der Waals surface area contributed by atoms with Crippen LogP contribution in [0.1, 0.15) is 11.5 Å². The van der Waals surface area contributed by atoms with Crippen molar-refractivity contribution in [3.05, 3.63) is 35.6 Å². The van der Waals surface area contributed by atoms with Gasteiger partial charge in [-0.15, -0.1) is 0 Å². The van der Waals surface area contributed by atoms with Gasteiger partial charge in [-0.25, -0.2) is 4.39 Å². The van der Waals surface area contributed by atoms with E-state index >= 15 is 0 Å². The summed E-state index contributed by atoms with van der Waals surface area (Å²) in [4.78, 5) is 0. The van der Waals surface area contributed by atoms with E-state index in [0.717, 1.165) is 12.1 Å². The molecule has 7 heteroatoms. The number of hydrogen-bond acceptors (Lipinski definition) is 5. The minimum absolute atomic E-state index is 0.331. The summed E-state index contributed by atoms with van der Waals surface area (Å²) in [7, 11) is 0. The molecule has 0 spiro atoms. The highest BCUT2D eigenvalue weighted by Crippen LogP contribution is 2.74. The van der Waals surface area contributed by atoms with Gasteiger partial charge in [-0.3, -0.25) is 5.41 Å². The first kappa shape index (κ1) is 15.7. The van der Waals surface area contributed by atoms with E-state index in [9.17, 15) is 20.2 Å². The molecule has 108 valence electrons. The molecular formula is C16H8FN6+. The van der Waals surface area contributed by atoms with Crippen molar-refractivity contribution in [3.63, 3.8) is 0 Å². The first-order chi connectivity index (χ1) is 11.0. The summed E-state index contributed by atoms with van der Waals surface area (Å²) >= 11 is 0. The predicted octanol–water partition coefficient (Wildman–Crippen LogP) is 0.330. The summed E-state index contributed by atoms with van der Waals surface area (Å²) in [5.74, 6) is -2.90. The van der Waals surface area contributed by atoms with Crippen LogP contribution in [0, 0.1) is 79.2 Å². The van der Waals surface area contributed by atoms with E-state index in [2.05, 4.69) is 0 Å². The maximum absolute atomic E-state index is 13.1. The number of rotatable bonds is 3. The van der Waals surface area contributed by atoms with Gasteiger partial charge in [-0.05, 0) is 17.7 Å². The molecule has 0 unspecified atom stereocenters. The smallest absolute Gasteiger partial charge is 0.213 e. The van der Waals surface area contributed by atoms with Gasteiger partial charge >= 0.3 is 0 Å². The summed E-state index contributed by atoms with van der Waals surface area (Å²) in [5, 5.41) is 52.3. The van der Waals surface area contributed by atoms with E-state index < -0.39 is 28.5 Å². The lowest BCUT2D eigenvalue weighted by molar-refractivity contribution is -0.124. The Kier molecular flexibility index (Phi) is 3.56. The molecule has 1 fully saturated rings. The molecule has 0 bridgehead atoms. The van der Waals surface area contributed by atoms with Crippen molar-refractivity contribution in [2.75, 3.05) is 0 Å². The van der Waals surface area contributed by atoms with Crippen molar-refractivity contribution in [3.8, 4) is 30.3 Å². The lowest BCUT2D eigenvalue weighted by atomic mass is 9.84. The predicted molar refractivity (Wildman–Crippen MR) is 72.5 cm³/mol. The van der Waals surface area contributed by atoms with Crippen molar-refractivity contribution in [1.29, 1.82) is 26.3 Å². The molecule has 23 heavy (non-hydrogen) atoms. The average molecular weight is 303 g/mol. The second kappa shape index (κ2) is 5.23. The Labute approximate surface area is 131 Å². The molecule has 1 aromatic carbocycles. The Morgan fingerprint density at radius 2 is 1.52 bits per heavy atom. The molecule has 1 saturated carbocycles. The van der Waals surface area contributed by atoms with Crippen molar-refractivity contribution in [1.82, 2.24) is 0 Å². The number of nitrogens with zero attached hydrogens (tertiary/aromatic N) is 5. The van der Waals surface area contributed by atoms with Gasteiger partial charge in [-0.1, -0.05) is 12.1 Å². The Hall–Kier alpha value is -3.73. The second-order valence-electron chi connectivity index (χ2n) is 5.08. The first-order valence-corrected chi connectivity index (χ1v) is 6.40. The van der Waals surface area contributed by atoms with Gasteiger partial charge in [0.15, 0.2) is 10.8 Å². The number of benzene rings is 1. The summed E-state index contributed by atoms with van der Waals surface area (Å²) in [6.45, 7) is 0. The van der Waals surface area contributed by atoms with E-state index in [-0.39, 0.29) is 5.71 Å². The number of nitriles is 5. The molecule has 1 aliphatic carbocycles. The van der Waals surface area contributed by atoms with Crippen LogP contribution in [0.25, 0.3) is 0 Å². The molecule has 0 amide bonds. The average Bonchev–Trinajstić information content (AvgIpc) is 3.20. The van der Waals surface area contributed by atoms with Crippen LogP contribution in [0.15, 0.2) is 24.3 Å². The van der Waals surface area contributed by atoms with E-state index in [4.69, 9.17) is 15.9 Å². The maximum atomic E-state index is 13.1. The zero-order valence-electron chi connectivity index (χ0n) is 11.7. The lowest BCUT2D eigenvalue weighted by Crippen LogP contribution is -2.50. The third kappa shape index (κ3) is 1.77. The van der Waals surface area contributed by atoms with E-state index in [0.29, 0.717) is 5.56 Å². The topological polar surface area (TPSA) is 145 Å². The quantitative estimate of drug-likeness (QED) is 0.800. The minimum Gasteiger partial charge on any atom is -0.258 e. The third-order valence-electron chi connectivity index (χ3n) is 4.16. The lowest BCUT2D eigenvalue weighted by Gasteiger charge is -2.06. The molecule has 0 radical (unpaired) electrons. The highest BCUT2D eigenvalue weighted by molar-refractivity contribution is 6.00. The van der Waals surface area contributed by atoms with Crippen molar-refractivity contribution in [2.45, 2.75) is 5.92 Å². The van der Waals surface area contributed by atoms with Gasteiger partial charge in [0, 0.05) is 5.92 Å². The number of halogens is 1. The van der Waals surface area contributed by atoms with Crippen LogP contribution < -0.4 is 5.41 Å². The zero-order chi connectivity index (χ0) is 17.3. The Balaban J connectivity index is 2.66. The third-order valence-corrected chi connectivity index (χ3v) is 4.16. The summed E-state index contributed by atoms with van der Waals surface area (Å²) in [6, 6.07) is 13.7. The van der Waals surface area contributed by atoms with Crippen molar-refractivity contribution in [2.24, 2.45) is 16.7 Å². The van der Waals surface area contributed by atoms with Crippen LogP contribution in [-0.2, 0) is 0 Å². The molecule has 0 saturated heterocycles. The fourth-order valence-corrected chi connectivity index (χ4v) is 2.97. The Morgan fingerprint density at radius 3 is 1.91 bits per heavy atom. The summed E-state index contributed by atoms with van der Waals surface area (Å²) in [6.07, 6.45) is 0. The van der Waals surface area contributed by atoms with E-state index in [1.807, 2.05) is 6.07 Å². The van der Waals surface area contributed by atoms with E-state index in [1.54, 1.807) is 24.3 Å². The van der Waals surface area contributed by atoms with Crippen LogP contribution in [0.4, 0.5) is 4.39 Å². The van der Waals surface area contributed by atoms with Gasteiger partial charge in [0.25, 0.3) is 0 Å². The monoisotopic (exact) mass is 303 g/mol. The van der Waals surface area contributed by atoms with E-state index in [1.165, 1.54) is 12.1 Å². The van der Waals surface area contributed by atoms with Crippen molar-refractivity contribution >= 4 is 5.71 Å².